The number of anilines is 1. The number of nitrogen functional groups attached to an aromatic ring is 1. The summed E-state index contributed by atoms with van der Waals surface area (Å²) in [6.45, 7) is 0. The fourth-order valence-corrected chi connectivity index (χ4v) is 1.22. The van der Waals surface area contributed by atoms with Crippen molar-refractivity contribution in [2.45, 2.75) is 6.42 Å². The first-order valence-corrected chi connectivity index (χ1v) is 3.94. The number of nitro benzene ring substituents is 1. The first-order valence-electron chi connectivity index (χ1n) is 3.94. The van der Waals surface area contributed by atoms with Gasteiger partial charge in [0.1, 0.15) is 11.6 Å². The predicted molar refractivity (Wildman–Crippen MR) is 51.5 cm³/mol. The van der Waals surface area contributed by atoms with Gasteiger partial charge in [0.25, 0.3) is 5.69 Å². The number of rotatable bonds is 2. The molecule has 0 fully saturated rings. The Hall–Kier alpha value is -2.60. The molecule has 15 heavy (non-hydrogen) atoms. The summed E-state index contributed by atoms with van der Waals surface area (Å²) in [5.74, 6) is 0. The topological polar surface area (TPSA) is 117 Å². The molecule has 0 bridgehead atoms. The largest absolute Gasteiger partial charge is 0.398 e. The van der Waals surface area contributed by atoms with Gasteiger partial charge in [0.2, 0.25) is 0 Å². The summed E-state index contributed by atoms with van der Waals surface area (Å²) in [4.78, 5) is 10.0. The molecule has 0 saturated heterocycles. The highest BCUT2D eigenvalue weighted by atomic mass is 16.6. The molecule has 74 valence electrons. The highest BCUT2D eigenvalue weighted by molar-refractivity contribution is 5.65. The summed E-state index contributed by atoms with van der Waals surface area (Å²) in [6, 6.07) is 6.13. The van der Waals surface area contributed by atoms with Gasteiger partial charge < -0.3 is 5.73 Å². The summed E-state index contributed by atoms with van der Waals surface area (Å²) in [5.41, 5.74) is 5.30. The Bertz CT molecular complexity index is 496. The molecular weight excluding hydrogens is 196 g/mol. The van der Waals surface area contributed by atoms with Crippen LogP contribution >= 0.6 is 0 Å². The van der Waals surface area contributed by atoms with Crippen LogP contribution in [0.4, 0.5) is 11.4 Å². The molecule has 0 unspecified atom stereocenters. The standard InChI is InChI=1S/C9H6N4O2/c10-4-3-7-8(12)2-1-6(5-11)9(7)13(14)15/h1-2H,3,12H2. The average molecular weight is 202 g/mol. The van der Waals surface area contributed by atoms with E-state index in [1.807, 2.05) is 0 Å². The molecule has 0 aliphatic carbocycles. The summed E-state index contributed by atoms with van der Waals surface area (Å²) < 4.78 is 0. The van der Waals surface area contributed by atoms with E-state index < -0.39 is 4.92 Å². The third kappa shape index (κ3) is 1.84. The van der Waals surface area contributed by atoms with Crippen LogP contribution in [0.2, 0.25) is 0 Å². The molecule has 0 radical (unpaired) electrons. The molecule has 6 heteroatoms. The van der Waals surface area contributed by atoms with Crippen LogP contribution in [-0.2, 0) is 6.42 Å². The number of benzene rings is 1. The van der Waals surface area contributed by atoms with Crippen LogP contribution in [-0.4, -0.2) is 4.92 Å². The van der Waals surface area contributed by atoms with E-state index in [9.17, 15) is 10.1 Å². The fraction of sp³-hybridized carbons (Fsp3) is 0.111. The summed E-state index contributed by atoms with van der Waals surface area (Å²) in [5, 5.41) is 27.9. The molecule has 1 aromatic carbocycles. The summed E-state index contributed by atoms with van der Waals surface area (Å²) >= 11 is 0. The highest BCUT2D eigenvalue weighted by Gasteiger charge is 2.21. The molecule has 0 spiro atoms. The van der Waals surface area contributed by atoms with Crippen molar-refractivity contribution in [2.75, 3.05) is 5.73 Å². The fourth-order valence-electron chi connectivity index (χ4n) is 1.22. The zero-order valence-electron chi connectivity index (χ0n) is 7.60. The Balaban J connectivity index is 3.54. The Morgan fingerprint density at radius 3 is 2.60 bits per heavy atom. The average Bonchev–Trinajstić information content (AvgIpc) is 2.20. The molecule has 6 nitrogen and oxygen atoms in total. The Morgan fingerprint density at radius 1 is 1.47 bits per heavy atom. The zero-order valence-corrected chi connectivity index (χ0v) is 7.60. The van der Waals surface area contributed by atoms with E-state index >= 15 is 0 Å². The van der Waals surface area contributed by atoms with E-state index in [0.29, 0.717) is 0 Å². The Labute approximate surface area is 85.3 Å². The highest BCUT2D eigenvalue weighted by Crippen LogP contribution is 2.28. The second-order valence-electron chi connectivity index (χ2n) is 2.73. The summed E-state index contributed by atoms with van der Waals surface area (Å²) in [7, 11) is 0. The van der Waals surface area contributed by atoms with Gasteiger partial charge in [-0.1, -0.05) is 0 Å². The molecular formula is C9H6N4O2. The maximum Gasteiger partial charge on any atom is 0.293 e. The van der Waals surface area contributed by atoms with Crippen molar-refractivity contribution in [1.29, 1.82) is 10.5 Å². The van der Waals surface area contributed by atoms with Crippen LogP contribution in [0.5, 0.6) is 0 Å². The molecule has 0 amide bonds. The first kappa shape index (κ1) is 10.5. The Morgan fingerprint density at radius 2 is 2.13 bits per heavy atom. The van der Waals surface area contributed by atoms with Crippen molar-refractivity contribution >= 4 is 11.4 Å². The van der Waals surface area contributed by atoms with Gasteiger partial charge in [-0.05, 0) is 12.1 Å². The van der Waals surface area contributed by atoms with Crippen molar-refractivity contribution < 1.29 is 4.92 Å². The van der Waals surface area contributed by atoms with Crippen molar-refractivity contribution in [3.8, 4) is 12.1 Å². The van der Waals surface area contributed by atoms with Crippen molar-refractivity contribution in [3.05, 3.63) is 33.4 Å². The van der Waals surface area contributed by atoms with E-state index in [4.69, 9.17) is 16.3 Å². The van der Waals surface area contributed by atoms with E-state index in [-0.39, 0.29) is 28.9 Å². The second kappa shape index (κ2) is 4.07. The molecule has 0 atom stereocenters. The quantitative estimate of drug-likeness (QED) is 0.438. The van der Waals surface area contributed by atoms with Crippen molar-refractivity contribution in [3.63, 3.8) is 0 Å². The monoisotopic (exact) mass is 202 g/mol. The number of nitro groups is 1. The van der Waals surface area contributed by atoms with Crippen molar-refractivity contribution in [1.82, 2.24) is 0 Å². The minimum Gasteiger partial charge on any atom is -0.398 e. The number of hydrogen-bond acceptors (Lipinski definition) is 5. The number of nitrogens with two attached hydrogens (primary N) is 1. The lowest BCUT2D eigenvalue weighted by molar-refractivity contribution is -0.385. The van der Waals surface area contributed by atoms with Crippen LogP contribution in [0, 0.1) is 32.8 Å². The predicted octanol–water partition coefficient (Wildman–Crippen LogP) is 1.11. The lowest BCUT2D eigenvalue weighted by Gasteiger charge is -2.03. The van der Waals surface area contributed by atoms with Gasteiger partial charge in [0, 0.05) is 5.69 Å². The van der Waals surface area contributed by atoms with Gasteiger partial charge in [0.15, 0.2) is 0 Å². The number of hydrogen-bond donors (Lipinski definition) is 1. The smallest absolute Gasteiger partial charge is 0.293 e. The minimum atomic E-state index is -0.693. The normalized spacial score (nSPS) is 8.93. The molecule has 1 aromatic rings. The van der Waals surface area contributed by atoms with E-state index in [2.05, 4.69) is 0 Å². The van der Waals surface area contributed by atoms with E-state index in [1.165, 1.54) is 12.1 Å². The lowest BCUT2D eigenvalue weighted by Crippen LogP contribution is -2.02. The van der Waals surface area contributed by atoms with Gasteiger partial charge in [-0.15, -0.1) is 0 Å². The maximum absolute atomic E-state index is 10.7. The number of nitriles is 2. The number of nitrogens with zero attached hydrogens (tertiary/aromatic N) is 3. The molecule has 1 rings (SSSR count). The lowest BCUT2D eigenvalue weighted by atomic mass is 10.0. The van der Waals surface area contributed by atoms with Crippen LogP contribution in [0.25, 0.3) is 0 Å². The third-order valence-electron chi connectivity index (χ3n) is 1.88. The van der Waals surface area contributed by atoms with E-state index in [0.717, 1.165) is 0 Å². The third-order valence-corrected chi connectivity index (χ3v) is 1.88. The minimum absolute atomic E-state index is 0.0838. The molecule has 2 N–H and O–H groups in total. The molecule has 0 aromatic heterocycles. The second-order valence-corrected chi connectivity index (χ2v) is 2.73. The van der Waals surface area contributed by atoms with Gasteiger partial charge in [-0.2, -0.15) is 10.5 Å². The van der Waals surface area contributed by atoms with Crippen LogP contribution in [0.1, 0.15) is 11.1 Å². The molecule has 0 aliphatic rings. The Kier molecular flexibility index (Phi) is 2.85. The van der Waals surface area contributed by atoms with Crippen molar-refractivity contribution in [2.24, 2.45) is 0 Å². The van der Waals surface area contributed by atoms with Gasteiger partial charge in [-0.25, -0.2) is 0 Å². The SMILES string of the molecule is N#CCc1c(N)ccc(C#N)c1[N+](=O)[O-]. The first-order chi connectivity index (χ1) is 7.11. The van der Waals surface area contributed by atoms with E-state index in [1.54, 1.807) is 12.1 Å². The van der Waals surface area contributed by atoms with Crippen LogP contribution < -0.4 is 5.73 Å². The van der Waals surface area contributed by atoms with Gasteiger partial charge in [-0.3, -0.25) is 10.1 Å². The summed E-state index contributed by atoms with van der Waals surface area (Å²) in [6.07, 6.45) is -0.183. The van der Waals surface area contributed by atoms with Gasteiger partial charge in [0.05, 0.1) is 23.0 Å². The molecule has 0 aliphatic heterocycles. The molecule has 0 heterocycles. The zero-order chi connectivity index (χ0) is 11.4. The maximum atomic E-state index is 10.7. The van der Waals surface area contributed by atoms with Crippen LogP contribution in [0.15, 0.2) is 12.1 Å². The van der Waals surface area contributed by atoms with Gasteiger partial charge >= 0.3 is 0 Å². The van der Waals surface area contributed by atoms with Crippen LogP contribution in [0.3, 0.4) is 0 Å². The molecule has 0 saturated carbocycles.